The van der Waals surface area contributed by atoms with E-state index in [0.29, 0.717) is 17.3 Å². The molecular formula is C28H34ClNO10. The van der Waals surface area contributed by atoms with Gasteiger partial charge in [-0.25, -0.2) is 19.2 Å². The van der Waals surface area contributed by atoms with Crippen LogP contribution in [0, 0.1) is 0 Å². The van der Waals surface area contributed by atoms with Gasteiger partial charge in [0.25, 0.3) is 6.10 Å². The summed E-state index contributed by atoms with van der Waals surface area (Å²) in [5, 5.41) is 29.4. The Labute approximate surface area is 237 Å². The highest BCUT2D eigenvalue weighted by Gasteiger charge is 2.32. The standard InChI is InChI=1S/C26H32ClNO6.C2H2O4/c1-3-32-25(30)24(26(31)33-4-2)34-22-12-11-17-7-6-10-21(14-19(17)15-22)28-16-23(29)18-8-5-9-20(27)13-18;3-1(4)2(5)6/h5,8-9,11-13,15,21,23-24,28-29H,3-4,6-7,10,14,16H2,1-2H3;(H,3,4)(H,5,6)/t21-,23-;/m0./s1. The number of carbonyl (C=O) groups excluding carboxylic acids is 2. The van der Waals surface area contributed by atoms with Crippen LogP contribution in [-0.4, -0.2) is 71.1 Å². The third-order valence-corrected chi connectivity index (χ3v) is 6.15. The smallest absolute Gasteiger partial charge is 0.414 e. The van der Waals surface area contributed by atoms with Gasteiger partial charge in [0.15, 0.2) is 0 Å². The molecule has 40 heavy (non-hydrogen) atoms. The molecule has 0 radical (unpaired) electrons. The van der Waals surface area contributed by atoms with Crippen molar-refractivity contribution in [2.75, 3.05) is 19.8 Å². The Morgan fingerprint density at radius 1 is 0.975 bits per heavy atom. The van der Waals surface area contributed by atoms with Crippen molar-refractivity contribution < 1.29 is 48.7 Å². The lowest BCUT2D eigenvalue weighted by Crippen LogP contribution is -2.38. The fourth-order valence-electron chi connectivity index (χ4n) is 4.06. The number of fused-ring (bicyclic) bond motifs is 1. The second kappa shape index (κ2) is 16.4. The molecule has 0 aliphatic heterocycles. The molecule has 3 rings (SSSR count). The van der Waals surface area contributed by atoms with Crippen LogP contribution in [0.15, 0.2) is 42.5 Å². The molecule has 0 spiro atoms. The van der Waals surface area contributed by atoms with Crippen molar-refractivity contribution in [3.8, 4) is 5.75 Å². The zero-order valence-corrected chi connectivity index (χ0v) is 23.1. The monoisotopic (exact) mass is 579 g/mol. The maximum atomic E-state index is 12.3. The number of hydrogen-bond acceptors (Lipinski definition) is 9. The van der Waals surface area contributed by atoms with Crippen LogP contribution in [0.3, 0.4) is 0 Å². The van der Waals surface area contributed by atoms with E-state index < -0.39 is 36.1 Å². The number of rotatable bonds is 10. The Bertz CT molecular complexity index is 1140. The number of hydrogen-bond donors (Lipinski definition) is 4. The van der Waals surface area contributed by atoms with Crippen molar-refractivity contribution in [1.29, 1.82) is 0 Å². The molecule has 2 atom stereocenters. The molecule has 218 valence electrons. The van der Waals surface area contributed by atoms with Crippen molar-refractivity contribution in [2.45, 2.75) is 57.8 Å². The summed E-state index contributed by atoms with van der Waals surface area (Å²) in [5.74, 6) is -4.79. The number of benzene rings is 2. The summed E-state index contributed by atoms with van der Waals surface area (Å²) in [7, 11) is 0. The summed E-state index contributed by atoms with van der Waals surface area (Å²) in [6.07, 6.45) is 1.49. The van der Waals surface area contributed by atoms with Crippen LogP contribution >= 0.6 is 11.6 Å². The predicted octanol–water partition coefficient (Wildman–Crippen LogP) is 2.94. The second-order valence-electron chi connectivity index (χ2n) is 8.82. The maximum absolute atomic E-state index is 12.3. The van der Waals surface area contributed by atoms with Gasteiger partial charge in [0, 0.05) is 17.6 Å². The van der Waals surface area contributed by atoms with E-state index in [-0.39, 0.29) is 19.3 Å². The number of aliphatic hydroxyl groups excluding tert-OH is 1. The first kappa shape index (κ1) is 32.5. The molecular weight excluding hydrogens is 546 g/mol. The highest BCUT2D eigenvalue weighted by Crippen LogP contribution is 2.26. The molecule has 2 aromatic carbocycles. The summed E-state index contributed by atoms with van der Waals surface area (Å²) in [5.41, 5.74) is 3.06. The molecule has 1 aliphatic rings. The molecule has 1 aliphatic carbocycles. The van der Waals surface area contributed by atoms with Gasteiger partial charge in [-0.05, 0) is 80.5 Å². The zero-order valence-electron chi connectivity index (χ0n) is 22.3. The molecule has 2 aromatic rings. The Kier molecular flexibility index (Phi) is 13.4. The van der Waals surface area contributed by atoms with Gasteiger partial charge < -0.3 is 34.8 Å². The number of carboxylic acid groups (broad SMARTS) is 2. The molecule has 0 bridgehead atoms. The van der Waals surface area contributed by atoms with E-state index in [2.05, 4.69) is 5.32 Å². The Morgan fingerprint density at radius 2 is 1.62 bits per heavy atom. The summed E-state index contributed by atoms with van der Waals surface area (Å²) in [6, 6.07) is 13.0. The molecule has 0 amide bonds. The van der Waals surface area contributed by atoms with Crippen molar-refractivity contribution in [1.82, 2.24) is 5.32 Å². The van der Waals surface area contributed by atoms with E-state index in [1.165, 1.54) is 5.56 Å². The summed E-state index contributed by atoms with van der Waals surface area (Å²) < 4.78 is 15.7. The second-order valence-corrected chi connectivity index (χ2v) is 9.25. The van der Waals surface area contributed by atoms with Gasteiger partial charge in [0.2, 0.25) is 0 Å². The molecule has 0 unspecified atom stereocenters. The largest absolute Gasteiger partial charge is 0.473 e. The van der Waals surface area contributed by atoms with Crippen LogP contribution in [0.4, 0.5) is 0 Å². The minimum absolute atomic E-state index is 0.136. The van der Waals surface area contributed by atoms with Crippen LogP contribution in [0.5, 0.6) is 5.75 Å². The average molecular weight is 580 g/mol. The van der Waals surface area contributed by atoms with E-state index in [9.17, 15) is 14.7 Å². The van der Waals surface area contributed by atoms with Crippen LogP contribution in [0.1, 0.15) is 49.5 Å². The number of aliphatic carboxylic acids is 2. The van der Waals surface area contributed by atoms with Gasteiger partial charge >= 0.3 is 23.9 Å². The highest BCUT2D eigenvalue weighted by atomic mass is 35.5. The number of esters is 2. The molecule has 0 aromatic heterocycles. The van der Waals surface area contributed by atoms with Crippen molar-refractivity contribution >= 4 is 35.5 Å². The molecule has 0 heterocycles. The normalized spacial score (nSPS) is 15.0. The first-order chi connectivity index (χ1) is 19.0. The van der Waals surface area contributed by atoms with Gasteiger partial charge in [0.1, 0.15) is 5.75 Å². The van der Waals surface area contributed by atoms with Crippen LogP contribution in [0.2, 0.25) is 5.02 Å². The number of aryl methyl sites for hydroxylation is 1. The summed E-state index contributed by atoms with van der Waals surface area (Å²) in [4.78, 5) is 42.7. The minimum atomic E-state index is -1.82. The minimum Gasteiger partial charge on any atom is -0.473 e. The number of aliphatic hydroxyl groups is 1. The lowest BCUT2D eigenvalue weighted by Gasteiger charge is -2.21. The summed E-state index contributed by atoms with van der Waals surface area (Å²) in [6.45, 7) is 4.01. The van der Waals surface area contributed by atoms with E-state index in [4.69, 9.17) is 45.6 Å². The van der Waals surface area contributed by atoms with Crippen molar-refractivity contribution in [2.24, 2.45) is 0 Å². The molecule has 12 heteroatoms. The lowest BCUT2D eigenvalue weighted by molar-refractivity contribution is -0.166. The molecule has 0 fully saturated rings. The first-order valence-corrected chi connectivity index (χ1v) is 13.2. The lowest BCUT2D eigenvalue weighted by atomic mass is 10.0. The highest BCUT2D eigenvalue weighted by molar-refractivity contribution is 6.30. The number of halogens is 1. The number of carboxylic acids is 2. The summed E-state index contributed by atoms with van der Waals surface area (Å²) >= 11 is 6.04. The van der Waals surface area contributed by atoms with Gasteiger partial charge in [-0.2, -0.15) is 0 Å². The molecule has 4 N–H and O–H groups in total. The van der Waals surface area contributed by atoms with Crippen LogP contribution in [-0.2, 0) is 41.5 Å². The number of carbonyl (C=O) groups is 4. The third-order valence-electron chi connectivity index (χ3n) is 5.91. The molecule has 11 nitrogen and oxygen atoms in total. The van der Waals surface area contributed by atoms with Gasteiger partial charge in [-0.3, -0.25) is 0 Å². The van der Waals surface area contributed by atoms with E-state index >= 15 is 0 Å². The third kappa shape index (κ3) is 10.5. The first-order valence-electron chi connectivity index (χ1n) is 12.8. The maximum Gasteiger partial charge on any atom is 0.414 e. The van der Waals surface area contributed by atoms with E-state index in [0.717, 1.165) is 36.8 Å². The SMILES string of the molecule is CCOC(=O)C(Oc1ccc2c(c1)C[C@@H](NC[C@H](O)c1cccc(Cl)c1)CCC2)C(=O)OCC.O=C(O)C(=O)O. The Hall–Kier alpha value is -3.67. The van der Waals surface area contributed by atoms with Crippen molar-refractivity contribution in [3.63, 3.8) is 0 Å². The van der Waals surface area contributed by atoms with Gasteiger partial charge in [-0.15, -0.1) is 0 Å². The average Bonchev–Trinajstić information content (AvgIpc) is 3.12. The molecule has 0 saturated heterocycles. The zero-order chi connectivity index (χ0) is 29.7. The number of ether oxygens (including phenoxy) is 3. The van der Waals surface area contributed by atoms with Gasteiger partial charge in [-0.1, -0.05) is 29.8 Å². The number of nitrogens with one attached hydrogen (secondary N) is 1. The Balaban J connectivity index is 0.000000840. The van der Waals surface area contributed by atoms with Gasteiger partial charge in [0.05, 0.1) is 19.3 Å². The molecule has 0 saturated carbocycles. The quantitative estimate of drug-likeness (QED) is 0.141. The van der Waals surface area contributed by atoms with Crippen molar-refractivity contribution in [3.05, 3.63) is 64.2 Å². The van der Waals surface area contributed by atoms with Crippen LogP contribution < -0.4 is 10.1 Å². The Morgan fingerprint density at radius 3 is 2.20 bits per heavy atom. The van der Waals surface area contributed by atoms with E-state index in [1.807, 2.05) is 24.3 Å². The van der Waals surface area contributed by atoms with Crippen LogP contribution in [0.25, 0.3) is 0 Å². The topological polar surface area (TPSA) is 169 Å². The fourth-order valence-corrected chi connectivity index (χ4v) is 4.26. The van der Waals surface area contributed by atoms with E-state index in [1.54, 1.807) is 32.0 Å². The predicted molar refractivity (Wildman–Crippen MR) is 144 cm³/mol. The fraction of sp³-hybridized carbons (Fsp3) is 0.429.